The largest absolute Gasteiger partial charge is 0.491 e. The SMILES string of the molecule is CCC(=O)Nc1cccc(NC(=O)CNc2cccc(OCCOC)c2)c1C. The lowest BCUT2D eigenvalue weighted by atomic mass is 10.1. The van der Waals surface area contributed by atoms with Crippen molar-refractivity contribution in [1.82, 2.24) is 0 Å². The van der Waals surface area contributed by atoms with E-state index in [1.54, 1.807) is 26.2 Å². The molecule has 3 N–H and O–H groups in total. The van der Waals surface area contributed by atoms with Crippen molar-refractivity contribution in [3.63, 3.8) is 0 Å². The van der Waals surface area contributed by atoms with E-state index < -0.39 is 0 Å². The predicted molar refractivity (Wildman–Crippen MR) is 111 cm³/mol. The van der Waals surface area contributed by atoms with Crippen LogP contribution in [0.15, 0.2) is 42.5 Å². The molecule has 0 atom stereocenters. The number of hydrogen-bond acceptors (Lipinski definition) is 5. The summed E-state index contributed by atoms with van der Waals surface area (Å²) in [4.78, 5) is 23.9. The normalized spacial score (nSPS) is 10.2. The summed E-state index contributed by atoms with van der Waals surface area (Å²) >= 11 is 0. The van der Waals surface area contributed by atoms with Gasteiger partial charge in [-0.1, -0.05) is 19.1 Å². The predicted octanol–water partition coefficient (Wildman–Crippen LogP) is 3.42. The molecule has 0 heterocycles. The van der Waals surface area contributed by atoms with Crippen LogP contribution in [0.1, 0.15) is 18.9 Å². The summed E-state index contributed by atoms with van der Waals surface area (Å²) < 4.78 is 10.5. The Kier molecular flexibility index (Phi) is 8.30. The molecule has 150 valence electrons. The zero-order valence-corrected chi connectivity index (χ0v) is 16.5. The highest BCUT2D eigenvalue weighted by atomic mass is 16.5. The van der Waals surface area contributed by atoms with Crippen LogP contribution in [0.25, 0.3) is 0 Å². The van der Waals surface area contributed by atoms with Crippen LogP contribution in [0, 0.1) is 6.92 Å². The van der Waals surface area contributed by atoms with E-state index >= 15 is 0 Å². The second-order valence-corrected chi connectivity index (χ2v) is 6.15. The molecule has 0 aromatic heterocycles. The number of benzene rings is 2. The first-order chi connectivity index (χ1) is 13.5. The number of carbonyl (C=O) groups excluding carboxylic acids is 2. The van der Waals surface area contributed by atoms with Gasteiger partial charge in [-0.2, -0.15) is 0 Å². The van der Waals surface area contributed by atoms with Crippen molar-refractivity contribution >= 4 is 28.9 Å². The van der Waals surface area contributed by atoms with E-state index in [1.807, 2.05) is 37.3 Å². The van der Waals surface area contributed by atoms with Crippen molar-refractivity contribution in [3.05, 3.63) is 48.0 Å². The van der Waals surface area contributed by atoms with Crippen LogP contribution >= 0.6 is 0 Å². The Morgan fingerprint density at radius 2 is 1.64 bits per heavy atom. The van der Waals surface area contributed by atoms with Crippen molar-refractivity contribution in [2.45, 2.75) is 20.3 Å². The van der Waals surface area contributed by atoms with Gasteiger partial charge in [0.05, 0.1) is 13.2 Å². The summed E-state index contributed by atoms with van der Waals surface area (Å²) in [5.41, 5.74) is 2.95. The van der Waals surface area contributed by atoms with E-state index in [9.17, 15) is 9.59 Å². The fraction of sp³-hybridized carbons (Fsp3) is 0.333. The minimum atomic E-state index is -0.187. The first kappa shape index (κ1) is 21.2. The summed E-state index contributed by atoms with van der Waals surface area (Å²) in [5.74, 6) is 0.450. The van der Waals surface area contributed by atoms with Crippen LogP contribution in [0.2, 0.25) is 0 Å². The Bertz CT molecular complexity index is 808. The molecule has 2 rings (SSSR count). The van der Waals surface area contributed by atoms with Crippen molar-refractivity contribution in [2.75, 3.05) is 42.8 Å². The Balaban J connectivity index is 1.91. The highest BCUT2D eigenvalue weighted by Crippen LogP contribution is 2.23. The molecule has 0 radical (unpaired) electrons. The van der Waals surface area contributed by atoms with Gasteiger partial charge in [0, 0.05) is 36.7 Å². The molecule has 2 aromatic carbocycles. The summed E-state index contributed by atoms with van der Waals surface area (Å²) in [7, 11) is 1.62. The van der Waals surface area contributed by atoms with Crippen molar-refractivity contribution in [3.8, 4) is 5.75 Å². The van der Waals surface area contributed by atoms with Gasteiger partial charge in [-0.25, -0.2) is 0 Å². The van der Waals surface area contributed by atoms with Crippen LogP contribution in [0.4, 0.5) is 17.1 Å². The molecule has 0 aliphatic rings. The Morgan fingerprint density at radius 1 is 0.964 bits per heavy atom. The van der Waals surface area contributed by atoms with Gasteiger partial charge in [0.2, 0.25) is 11.8 Å². The third kappa shape index (κ3) is 6.59. The van der Waals surface area contributed by atoms with Crippen LogP contribution in [0.5, 0.6) is 5.75 Å². The number of hydrogen-bond donors (Lipinski definition) is 3. The minimum absolute atomic E-state index is 0.0687. The number of carbonyl (C=O) groups is 2. The van der Waals surface area contributed by atoms with Crippen molar-refractivity contribution < 1.29 is 19.1 Å². The lowest BCUT2D eigenvalue weighted by Crippen LogP contribution is -2.22. The highest BCUT2D eigenvalue weighted by Gasteiger charge is 2.09. The zero-order chi connectivity index (χ0) is 20.4. The lowest BCUT2D eigenvalue weighted by molar-refractivity contribution is -0.116. The van der Waals surface area contributed by atoms with Crippen LogP contribution in [-0.4, -0.2) is 38.7 Å². The summed E-state index contributed by atoms with van der Waals surface area (Å²) in [6.07, 6.45) is 0.397. The van der Waals surface area contributed by atoms with Gasteiger partial charge in [0.25, 0.3) is 0 Å². The summed E-state index contributed by atoms with van der Waals surface area (Å²) in [6, 6.07) is 12.8. The number of methoxy groups -OCH3 is 1. The number of amides is 2. The average Bonchev–Trinajstić information content (AvgIpc) is 2.70. The van der Waals surface area contributed by atoms with Gasteiger partial charge in [0.15, 0.2) is 0 Å². The maximum absolute atomic E-state index is 12.3. The van der Waals surface area contributed by atoms with E-state index in [0.717, 1.165) is 11.3 Å². The number of anilines is 3. The molecule has 7 nitrogen and oxygen atoms in total. The van der Waals surface area contributed by atoms with Gasteiger partial charge in [-0.15, -0.1) is 0 Å². The molecule has 28 heavy (non-hydrogen) atoms. The smallest absolute Gasteiger partial charge is 0.243 e. The van der Waals surface area contributed by atoms with E-state index in [-0.39, 0.29) is 18.4 Å². The Hall–Kier alpha value is -3.06. The first-order valence-electron chi connectivity index (χ1n) is 9.18. The third-order valence-corrected chi connectivity index (χ3v) is 4.05. The molecular weight excluding hydrogens is 358 g/mol. The first-order valence-corrected chi connectivity index (χ1v) is 9.18. The molecule has 0 saturated carbocycles. The summed E-state index contributed by atoms with van der Waals surface area (Å²) in [5, 5.41) is 8.78. The average molecular weight is 385 g/mol. The van der Waals surface area contributed by atoms with Crippen molar-refractivity contribution in [1.29, 1.82) is 0 Å². The number of ether oxygens (including phenoxy) is 2. The molecule has 0 saturated heterocycles. The molecule has 2 aromatic rings. The molecule has 0 aliphatic heterocycles. The maximum Gasteiger partial charge on any atom is 0.243 e. The standard InChI is InChI=1S/C21H27N3O4/c1-4-20(25)23-18-9-6-10-19(15(18)2)24-21(26)14-22-16-7-5-8-17(13-16)28-12-11-27-3/h5-10,13,22H,4,11-12,14H2,1-3H3,(H,23,25)(H,24,26). The van der Waals surface area contributed by atoms with Crippen LogP contribution in [0.3, 0.4) is 0 Å². The maximum atomic E-state index is 12.3. The second kappa shape index (κ2) is 10.9. The summed E-state index contributed by atoms with van der Waals surface area (Å²) in [6.45, 7) is 4.73. The zero-order valence-electron chi connectivity index (χ0n) is 16.5. The molecule has 0 fully saturated rings. The quantitative estimate of drug-likeness (QED) is 0.546. The van der Waals surface area contributed by atoms with E-state index in [0.29, 0.717) is 36.8 Å². The molecule has 2 amide bonds. The van der Waals surface area contributed by atoms with E-state index in [2.05, 4.69) is 16.0 Å². The number of rotatable bonds is 10. The fourth-order valence-electron chi connectivity index (χ4n) is 2.46. The lowest BCUT2D eigenvalue weighted by Gasteiger charge is -2.14. The molecule has 0 unspecified atom stereocenters. The van der Waals surface area contributed by atoms with E-state index in [1.165, 1.54) is 0 Å². The second-order valence-electron chi connectivity index (χ2n) is 6.15. The number of nitrogens with one attached hydrogen (secondary N) is 3. The van der Waals surface area contributed by atoms with Crippen LogP contribution < -0.4 is 20.7 Å². The Morgan fingerprint density at radius 3 is 2.32 bits per heavy atom. The third-order valence-electron chi connectivity index (χ3n) is 4.05. The van der Waals surface area contributed by atoms with Gasteiger partial charge in [-0.05, 0) is 36.8 Å². The minimum Gasteiger partial charge on any atom is -0.491 e. The Labute approximate surface area is 165 Å². The molecule has 0 aliphatic carbocycles. The molecular formula is C21H27N3O4. The van der Waals surface area contributed by atoms with Gasteiger partial charge in [-0.3, -0.25) is 9.59 Å². The topological polar surface area (TPSA) is 88.7 Å². The van der Waals surface area contributed by atoms with Crippen molar-refractivity contribution in [2.24, 2.45) is 0 Å². The molecule has 0 spiro atoms. The fourth-order valence-corrected chi connectivity index (χ4v) is 2.46. The van der Waals surface area contributed by atoms with Gasteiger partial charge < -0.3 is 25.4 Å². The molecule has 7 heteroatoms. The highest BCUT2D eigenvalue weighted by molar-refractivity contribution is 5.97. The molecule has 0 bridgehead atoms. The van der Waals surface area contributed by atoms with Crippen LogP contribution in [-0.2, 0) is 14.3 Å². The van der Waals surface area contributed by atoms with Gasteiger partial charge in [0.1, 0.15) is 12.4 Å². The monoisotopic (exact) mass is 385 g/mol. The van der Waals surface area contributed by atoms with E-state index in [4.69, 9.17) is 9.47 Å². The van der Waals surface area contributed by atoms with Gasteiger partial charge >= 0.3 is 0 Å².